The summed E-state index contributed by atoms with van der Waals surface area (Å²) < 4.78 is 6.09. The molecule has 2 aromatic heterocycles. The van der Waals surface area contributed by atoms with E-state index >= 15 is 0 Å². The van der Waals surface area contributed by atoms with Crippen molar-refractivity contribution in [2.24, 2.45) is 10.5 Å². The zero-order valence-corrected chi connectivity index (χ0v) is 17.4. The zero-order chi connectivity index (χ0) is 20.7. The first kappa shape index (κ1) is 20.2. The molecule has 8 nitrogen and oxygen atoms in total. The molecular formula is C19H23ClN6O2. The Morgan fingerprint density at radius 3 is 2.64 bits per heavy atom. The molecule has 0 spiro atoms. The Bertz CT molecular complexity index is 978. The first-order valence-corrected chi connectivity index (χ1v) is 9.34. The molecule has 1 amide bonds. The van der Waals surface area contributed by atoms with Crippen LogP contribution >= 0.6 is 11.6 Å². The smallest absolute Gasteiger partial charge is 0.228 e. The molecule has 0 unspecified atom stereocenters. The number of rotatable bonds is 5. The predicted molar refractivity (Wildman–Crippen MR) is 107 cm³/mol. The fraction of sp³-hybridized carbons (Fsp3) is 0.526. The lowest BCUT2D eigenvalue weighted by Gasteiger charge is -2.44. The van der Waals surface area contributed by atoms with Crippen LogP contribution < -0.4 is 4.74 Å². The van der Waals surface area contributed by atoms with Crippen LogP contribution in [0.15, 0.2) is 23.6 Å². The Kier molecular flexibility index (Phi) is 5.12. The van der Waals surface area contributed by atoms with Crippen LogP contribution in [0.1, 0.15) is 39.2 Å². The van der Waals surface area contributed by atoms with Crippen LogP contribution in [0.2, 0.25) is 5.15 Å². The number of halogens is 1. The normalized spacial score (nSPS) is 21.6. The van der Waals surface area contributed by atoms with Gasteiger partial charge >= 0.3 is 0 Å². The van der Waals surface area contributed by atoms with Gasteiger partial charge in [-0.15, -0.1) is 0 Å². The fourth-order valence-corrected chi connectivity index (χ4v) is 3.89. The summed E-state index contributed by atoms with van der Waals surface area (Å²) in [5.74, 6) is 0.536. The maximum atomic E-state index is 12.3. The van der Waals surface area contributed by atoms with Crippen LogP contribution in [0.3, 0.4) is 0 Å². The van der Waals surface area contributed by atoms with Gasteiger partial charge in [0.1, 0.15) is 11.3 Å². The molecule has 9 heteroatoms. The lowest BCUT2D eigenvalue weighted by Crippen LogP contribution is -2.51. The van der Waals surface area contributed by atoms with Gasteiger partial charge in [-0.3, -0.25) is 4.79 Å². The number of ether oxygens (including phenoxy) is 1. The highest BCUT2D eigenvalue weighted by Crippen LogP contribution is 2.45. The molecule has 0 aromatic carbocycles. The summed E-state index contributed by atoms with van der Waals surface area (Å²) in [7, 11) is 3.52. The number of nitrogens with zero attached hydrogens (tertiary/aromatic N) is 6. The molecule has 1 saturated carbocycles. The highest BCUT2D eigenvalue weighted by atomic mass is 35.5. The molecule has 1 fully saturated rings. The average molecular weight is 403 g/mol. The largest absolute Gasteiger partial charge is 0.474 e. The van der Waals surface area contributed by atoms with Crippen LogP contribution in [0.4, 0.5) is 0 Å². The van der Waals surface area contributed by atoms with E-state index in [1.165, 1.54) is 0 Å². The summed E-state index contributed by atoms with van der Waals surface area (Å²) >= 11 is 6.10. The number of carbonyl (C=O) groups is 1. The number of hydrogen-bond donors (Lipinski definition) is 0. The molecule has 0 bridgehead atoms. The minimum Gasteiger partial charge on any atom is -0.474 e. The Labute approximate surface area is 168 Å². The quantitative estimate of drug-likeness (QED) is 0.318. The van der Waals surface area contributed by atoms with E-state index in [1.807, 2.05) is 20.8 Å². The zero-order valence-electron chi connectivity index (χ0n) is 16.6. The van der Waals surface area contributed by atoms with E-state index in [4.69, 9.17) is 21.9 Å². The van der Waals surface area contributed by atoms with Crippen LogP contribution in [0.5, 0.6) is 5.88 Å². The average Bonchev–Trinajstić information content (AvgIpc) is 2.58. The van der Waals surface area contributed by atoms with Crippen LogP contribution in [0, 0.1) is 5.41 Å². The Morgan fingerprint density at radius 1 is 1.36 bits per heavy atom. The van der Waals surface area contributed by atoms with E-state index in [2.05, 4.69) is 20.0 Å². The summed E-state index contributed by atoms with van der Waals surface area (Å²) in [6.45, 7) is 5.57. The van der Waals surface area contributed by atoms with Crippen molar-refractivity contribution < 1.29 is 9.53 Å². The molecule has 0 atom stereocenters. The lowest BCUT2D eigenvalue weighted by atomic mass is 9.67. The molecule has 0 aliphatic heterocycles. The van der Waals surface area contributed by atoms with Crippen molar-refractivity contribution in [2.75, 3.05) is 14.1 Å². The van der Waals surface area contributed by atoms with Gasteiger partial charge in [0.2, 0.25) is 11.8 Å². The molecule has 1 aliphatic rings. The third kappa shape index (κ3) is 3.57. The fourth-order valence-electron chi connectivity index (χ4n) is 3.73. The van der Waals surface area contributed by atoms with Crippen LogP contribution in [0.25, 0.3) is 21.2 Å². The topological polar surface area (TPSA) is 104 Å². The molecule has 2 aromatic rings. The van der Waals surface area contributed by atoms with E-state index in [0.717, 1.165) is 10.9 Å². The van der Waals surface area contributed by atoms with Crippen molar-refractivity contribution in [1.82, 2.24) is 14.9 Å². The van der Waals surface area contributed by atoms with Gasteiger partial charge in [-0.05, 0) is 35.4 Å². The summed E-state index contributed by atoms with van der Waals surface area (Å²) in [5.41, 5.74) is 8.40. The van der Waals surface area contributed by atoms with Crippen molar-refractivity contribution in [3.05, 3.63) is 39.6 Å². The summed E-state index contributed by atoms with van der Waals surface area (Å²) in [5, 5.41) is 5.67. The second-order valence-corrected chi connectivity index (χ2v) is 8.57. The summed E-state index contributed by atoms with van der Waals surface area (Å²) in [4.78, 5) is 25.4. The number of aromatic nitrogens is 2. The van der Waals surface area contributed by atoms with Gasteiger partial charge in [0, 0.05) is 31.4 Å². The van der Waals surface area contributed by atoms with Gasteiger partial charge in [0.15, 0.2) is 0 Å². The van der Waals surface area contributed by atoms with Gasteiger partial charge in [0.05, 0.1) is 16.3 Å². The van der Waals surface area contributed by atoms with Gasteiger partial charge < -0.3 is 9.64 Å². The molecule has 2 heterocycles. The Morgan fingerprint density at radius 2 is 2.04 bits per heavy atom. The van der Waals surface area contributed by atoms with Crippen molar-refractivity contribution in [2.45, 2.75) is 45.3 Å². The number of amides is 1. The van der Waals surface area contributed by atoms with Crippen molar-refractivity contribution in [3.63, 3.8) is 0 Å². The van der Waals surface area contributed by atoms with Crippen molar-refractivity contribution in [1.29, 1.82) is 0 Å². The molecular weight excluding hydrogens is 380 g/mol. The van der Waals surface area contributed by atoms with E-state index in [0.29, 0.717) is 29.3 Å². The molecule has 148 valence electrons. The number of pyridine rings is 2. The number of carbonyl (C=O) groups excluding carboxylic acids is 1. The third-order valence-electron chi connectivity index (χ3n) is 5.21. The highest BCUT2D eigenvalue weighted by Gasteiger charge is 2.48. The van der Waals surface area contributed by atoms with Crippen molar-refractivity contribution in [3.8, 4) is 5.88 Å². The van der Waals surface area contributed by atoms with Gasteiger partial charge in [-0.2, -0.15) is 0 Å². The number of fused-ring (bicyclic) bond motifs is 1. The Hall–Kier alpha value is -2.57. The van der Waals surface area contributed by atoms with Crippen LogP contribution in [-0.4, -0.2) is 41.0 Å². The SMILES string of the molecule is CN(C)C(=O)C1(C)CC(Oc2ncc(C(C)(C)N=[N+]=[N-])c3cc(Cl)ncc23)C1. The predicted octanol–water partition coefficient (Wildman–Crippen LogP) is 4.46. The third-order valence-corrected chi connectivity index (χ3v) is 5.42. The second kappa shape index (κ2) is 7.11. The summed E-state index contributed by atoms with van der Waals surface area (Å²) in [6.07, 6.45) is 4.40. The molecule has 0 saturated heterocycles. The van der Waals surface area contributed by atoms with Crippen LogP contribution in [-0.2, 0) is 10.3 Å². The number of azide groups is 1. The first-order chi connectivity index (χ1) is 13.1. The lowest BCUT2D eigenvalue weighted by molar-refractivity contribution is -0.149. The van der Waals surface area contributed by atoms with Gasteiger partial charge in [0.25, 0.3) is 0 Å². The van der Waals surface area contributed by atoms with E-state index < -0.39 is 11.0 Å². The van der Waals surface area contributed by atoms with E-state index in [1.54, 1.807) is 37.5 Å². The van der Waals surface area contributed by atoms with Crippen molar-refractivity contribution >= 4 is 28.3 Å². The highest BCUT2D eigenvalue weighted by molar-refractivity contribution is 6.30. The maximum absolute atomic E-state index is 12.3. The molecule has 28 heavy (non-hydrogen) atoms. The number of hydrogen-bond acceptors (Lipinski definition) is 5. The van der Waals surface area contributed by atoms with E-state index in [9.17, 15) is 4.79 Å². The molecule has 0 N–H and O–H groups in total. The first-order valence-electron chi connectivity index (χ1n) is 8.97. The monoisotopic (exact) mass is 402 g/mol. The van der Waals surface area contributed by atoms with Gasteiger partial charge in [-0.25, -0.2) is 9.97 Å². The molecule has 1 aliphatic carbocycles. The second-order valence-electron chi connectivity index (χ2n) is 8.19. The minimum atomic E-state index is -0.809. The summed E-state index contributed by atoms with van der Waals surface area (Å²) in [6, 6.07) is 1.72. The standard InChI is InChI=1S/C19H23ClN6O2/c1-18(2,24-25-21)14-10-23-16(13-9-22-15(20)6-12(13)14)28-11-7-19(3,8-11)17(27)26(4)5/h6,9-11H,7-8H2,1-5H3. The Balaban J connectivity index is 1.93. The maximum Gasteiger partial charge on any atom is 0.228 e. The minimum absolute atomic E-state index is 0.101. The molecule has 3 rings (SSSR count). The van der Waals surface area contributed by atoms with Gasteiger partial charge in [-0.1, -0.05) is 37.5 Å². The molecule has 0 radical (unpaired) electrons. The van der Waals surface area contributed by atoms with E-state index in [-0.39, 0.29) is 12.0 Å².